The predicted molar refractivity (Wildman–Crippen MR) is 82.9 cm³/mol. The largest absolute Gasteiger partial charge is 0.342 e. The molecule has 0 radical (unpaired) electrons. The molecule has 2 N–H and O–H groups in total. The minimum atomic E-state index is -0.891. The number of halogens is 2. The number of hydrogen-bond acceptors (Lipinski definition) is 3. The zero-order chi connectivity index (χ0) is 17.0. The van der Waals surface area contributed by atoms with E-state index in [4.69, 9.17) is 5.73 Å². The molecule has 126 valence electrons. The van der Waals surface area contributed by atoms with Gasteiger partial charge in [-0.1, -0.05) is 0 Å². The average molecular weight is 324 g/mol. The zero-order valence-corrected chi connectivity index (χ0v) is 13.2. The van der Waals surface area contributed by atoms with Gasteiger partial charge >= 0.3 is 0 Å². The molecule has 1 amide bonds. The summed E-state index contributed by atoms with van der Waals surface area (Å²) in [5.74, 6) is -1.96. The van der Waals surface area contributed by atoms with E-state index in [9.17, 15) is 18.4 Å². The normalized spacial score (nSPS) is 19.5. The number of rotatable bonds is 5. The van der Waals surface area contributed by atoms with Gasteiger partial charge in [-0.2, -0.15) is 0 Å². The smallest absolute Gasteiger partial charge is 0.223 e. The molecule has 2 atom stereocenters. The fraction of sp³-hybridized carbons (Fsp3) is 0.529. The van der Waals surface area contributed by atoms with Crippen LogP contribution in [0.1, 0.15) is 43.0 Å². The van der Waals surface area contributed by atoms with E-state index in [0.29, 0.717) is 19.2 Å². The third-order valence-electron chi connectivity index (χ3n) is 4.35. The highest BCUT2D eigenvalue weighted by molar-refractivity contribution is 5.98. The highest BCUT2D eigenvalue weighted by atomic mass is 19.1. The van der Waals surface area contributed by atoms with E-state index >= 15 is 0 Å². The van der Waals surface area contributed by atoms with E-state index < -0.39 is 17.4 Å². The minimum absolute atomic E-state index is 0.0283. The van der Waals surface area contributed by atoms with Crippen LogP contribution in [0.15, 0.2) is 18.2 Å². The van der Waals surface area contributed by atoms with Crippen LogP contribution in [0.5, 0.6) is 0 Å². The fourth-order valence-corrected chi connectivity index (χ4v) is 2.89. The number of amides is 1. The Labute approximate surface area is 134 Å². The molecule has 0 aliphatic carbocycles. The van der Waals surface area contributed by atoms with Crippen LogP contribution in [0, 0.1) is 17.6 Å². The summed E-state index contributed by atoms with van der Waals surface area (Å²) in [4.78, 5) is 25.9. The Morgan fingerprint density at radius 2 is 2.09 bits per heavy atom. The molecule has 0 bridgehead atoms. The van der Waals surface area contributed by atoms with E-state index in [2.05, 4.69) is 0 Å². The van der Waals surface area contributed by atoms with Crippen molar-refractivity contribution in [1.82, 2.24) is 4.90 Å². The van der Waals surface area contributed by atoms with E-state index in [0.717, 1.165) is 25.0 Å². The lowest BCUT2D eigenvalue weighted by atomic mass is 9.92. The van der Waals surface area contributed by atoms with E-state index in [1.807, 2.05) is 6.92 Å². The molecule has 1 aromatic carbocycles. The second kappa shape index (κ2) is 7.64. The highest BCUT2D eigenvalue weighted by Gasteiger charge is 2.26. The van der Waals surface area contributed by atoms with Crippen molar-refractivity contribution in [3.8, 4) is 0 Å². The van der Waals surface area contributed by atoms with Crippen molar-refractivity contribution in [3.63, 3.8) is 0 Å². The van der Waals surface area contributed by atoms with Crippen LogP contribution < -0.4 is 5.73 Å². The Morgan fingerprint density at radius 1 is 1.35 bits per heavy atom. The summed E-state index contributed by atoms with van der Waals surface area (Å²) in [6.45, 7) is 3.20. The molecule has 1 fully saturated rings. The first-order valence-corrected chi connectivity index (χ1v) is 7.90. The van der Waals surface area contributed by atoms with Gasteiger partial charge in [-0.25, -0.2) is 8.78 Å². The maximum Gasteiger partial charge on any atom is 0.223 e. The Kier molecular flexibility index (Phi) is 5.82. The topological polar surface area (TPSA) is 63.4 Å². The third kappa shape index (κ3) is 4.58. The van der Waals surface area contributed by atoms with Gasteiger partial charge < -0.3 is 10.6 Å². The zero-order valence-electron chi connectivity index (χ0n) is 13.2. The summed E-state index contributed by atoms with van der Waals surface area (Å²) in [7, 11) is 0. The van der Waals surface area contributed by atoms with Gasteiger partial charge in [0.05, 0.1) is 5.56 Å². The van der Waals surface area contributed by atoms with Gasteiger partial charge in [0.25, 0.3) is 0 Å². The van der Waals surface area contributed by atoms with Crippen LogP contribution in [0.2, 0.25) is 0 Å². The van der Waals surface area contributed by atoms with Gasteiger partial charge in [-0.3, -0.25) is 9.59 Å². The second-order valence-corrected chi connectivity index (χ2v) is 6.15. The monoisotopic (exact) mass is 324 g/mol. The first kappa shape index (κ1) is 17.5. The SMILES string of the molecule is CC(N)C1CCCN(C(=O)CCC(=O)c2ccc(F)cc2F)C1. The molecular formula is C17H22F2N2O2. The first-order valence-electron chi connectivity index (χ1n) is 7.90. The number of piperidine rings is 1. The molecule has 0 aromatic heterocycles. The Hall–Kier alpha value is -1.82. The lowest BCUT2D eigenvalue weighted by molar-refractivity contribution is -0.133. The van der Waals surface area contributed by atoms with Gasteiger partial charge in [-0.15, -0.1) is 0 Å². The maximum atomic E-state index is 13.5. The molecule has 0 spiro atoms. The molecule has 1 aromatic rings. The molecule has 2 rings (SSSR count). The van der Waals surface area contributed by atoms with Crippen molar-refractivity contribution in [2.45, 2.75) is 38.6 Å². The number of benzene rings is 1. The predicted octanol–water partition coefficient (Wildman–Crippen LogP) is 2.51. The quantitative estimate of drug-likeness (QED) is 0.847. The number of carbonyl (C=O) groups is 2. The summed E-state index contributed by atoms with van der Waals surface area (Å²) < 4.78 is 26.4. The van der Waals surface area contributed by atoms with Crippen LogP contribution in [-0.2, 0) is 4.79 Å². The molecule has 1 aliphatic heterocycles. The Bertz CT molecular complexity index is 590. The van der Waals surface area contributed by atoms with Crippen molar-refractivity contribution in [2.75, 3.05) is 13.1 Å². The summed E-state index contributed by atoms with van der Waals surface area (Å²) in [6, 6.07) is 2.86. The summed E-state index contributed by atoms with van der Waals surface area (Å²) in [5.41, 5.74) is 5.72. The molecule has 1 heterocycles. The minimum Gasteiger partial charge on any atom is -0.342 e. The molecular weight excluding hydrogens is 302 g/mol. The number of nitrogens with two attached hydrogens (primary N) is 1. The first-order chi connectivity index (χ1) is 10.9. The maximum absolute atomic E-state index is 13.5. The summed E-state index contributed by atoms with van der Waals surface area (Å²) >= 11 is 0. The van der Waals surface area contributed by atoms with Crippen LogP contribution >= 0.6 is 0 Å². The van der Waals surface area contributed by atoms with E-state index in [1.54, 1.807) is 4.90 Å². The van der Waals surface area contributed by atoms with E-state index in [-0.39, 0.29) is 36.3 Å². The van der Waals surface area contributed by atoms with Gasteiger partial charge in [0, 0.05) is 38.0 Å². The van der Waals surface area contributed by atoms with Gasteiger partial charge in [0.2, 0.25) is 5.91 Å². The molecule has 0 saturated carbocycles. The second-order valence-electron chi connectivity index (χ2n) is 6.15. The standard InChI is InChI=1S/C17H22F2N2O2/c1-11(20)12-3-2-8-21(10-12)17(23)7-6-16(22)14-5-4-13(18)9-15(14)19/h4-5,9,11-12H,2-3,6-8,10,20H2,1H3. The Balaban J connectivity index is 1.89. The van der Waals surface area contributed by atoms with Gasteiger partial charge in [-0.05, 0) is 37.8 Å². The average Bonchev–Trinajstić information content (AvgIpc) is 2.52. The summed E-state index contributed by atoms with van der Waals surface area (Å²) in [6.07, 6.45) is 1.85. The number of ketones is 1. The molecule has 23 heavy (non-hydrogen) atoms. The van der Waals surface area contributed by atoms with Crippen molar-refractivity contribution in [1.29, 1.82) is 0 Å². The van der Waals surface area contributed by atoms with Crippen LogP contribution in [0.25, 0.3) is 0 Å². The number of likely N-dealkylation sites (tertiary alicyclic amines) is 1. The van der Waals surface area contributed by atoms with Crippen molar-refractivity contribution < 1.29 is 18.4 Å². The summed E-state index contributed by atoms with van der Waals surface area (Å²) in [5, 5.41) is 0. The molecule has 6 heteroatoms. The molecule has 1 aliphatic rings. The van der Waals surface area contributed by atoms with Crippen LogP contribution in [0.3, 0.4) is 0 Å². The fourth-order valence-electron chi connectivity index (χ4n) is 2.89. The Morgan fingerprint density at radius 3 is 2.74 bits per heavy atom. The lowest BCUT2D eigenvalue weighted by Gasteiger charge is -2.34. The molecule has 2 unspecified atom stereocenters. The molecule has 4 nitrogen and oxygen atoms in total. The third-order valence-corrected chi connectivity index (χ3v) is 4.35. The van der Waals surface area contributed by atoms with Crippen LogP contribution in [0.4, 0.5) is 8.78 Å². The number of Topliss-reactive ketones (excluding diaryl/α,β-unsaturated/α-hetero) is 1. The van der Waals surface area contributed by atoms with Gasteiger partial charge in [0.1, 0.15) is 11.6 Å². The highest BCUT2D eigenvalue weighted by Crippen LogP contribution is 2.20. The lowest BCUT2D eigenvalue weighted by Crippen LogP contribution is -2.45. The van der Waals surface area contributed by atoms with Crippen molar-refractivity contribution in [2.24, 2.45) is 11.7 Å². The van der Waals surface area contributed by atoms with Crippen molar-refractivity contribution in [3.05, 3.63) is 35.4 Å². The van der Waals surface area contributed by atoms with E-state index in [1.165, 1.54) is 0 Å². The number of nitrogens with zero attached hydrogens (tertiary/aromatic N) is 1. The van der Waals surface area contributed by atoms with Gasteiger partial charge in [0.15, 0.2) is 5.78 Å². The van der Waals surface area contributed by atoms with Crippen LogP contribution in [-0.4, -0.2) is 35.7 Å². The molecule has 1 saturated heterocycles. The number of carbonyl (C=O) groups excluding carboxylic acids is 2. The van der Waals surface area contributed by atoms with Crippen molar-refractivity contribution >= 4 is 11.7 Å². The number of hydrogen-bond donors (Lipinski definition) is 1.